The number of phenolic OH excluding ortho intramolecular Hbond substituents is 1. The normalized spacial score (nSPS) is 11.0. The van der Waals surface area contributed by atoms with E-state index < -0.39 is 5.97 Å². The highest BCUT2D eigenvalue weighted by molar-refractivity contribution is 5.88. The van der Waals surface area contributed by atoms with E-state index in [4.69, 9.17) is 14.2 Å². The zero-order valence-corrected chi connectivity index (χ0v) is 15.7. The van der Waals surface area contributed by atoms with Gasteiger partial charge in [-0.25, -0.2) is 4.79 Å². The number of rotatable bonds is 7. The van der Waals surface area contributed by atoms with Crippen molar-refractivity contribution in [1.29, 1.82) is 0 Å². The van der Waals surface area contributed by atoms with Gasteiger partial charge in [-0.15, -0.1) is 0 Å². The lowest BCUT2D eigenvalue weighted by atomic mass is 10.0. The summed E-state index contributed by atoms with van der Waals surface area (Å²) in [7, 11) is 5.91. The van der Waals surface area contributed by atoms with Crippen LogP contribution < -0.4 is 14.2 Å². The molecule has 0 amide bonds. The van der Waals surface area contributed by atoms with E-state index in [2.05, 4.69) is 4.74 Å². The molecule has 0 saturated carbocycles. The van der Waals surface area contributed by atoms with E-state index in [0.717, 1.165) is 16.7 Å². The fourth-order valence-corrected chi connectivity index (χ4v) is 2.41. The van der Waals surface area contributed by atoms with E-state index in [0.29, 0.717) is 17.2 Å². The molecule has 0 aromatic heterocycles. The molecule has 0 aliphatic rings. The summed E-state index contributed by atoms with van der Waals surface area (Å²) in [6.07, 6.45) is 6.70. The lowest BCUT2D eigenvalue weighted by Crippen LogP contribution is -1.95. The summed E-state index contributed by atoms with van der Waals surface area (Å²) in [5.74, 6) is 1.11. The average Bonchev–Trinajstić information content (AvgIpc) is 2.70. The van der Waals surface area contributed by atoms with Crippen LogP contribution in [0.4, 0.5) is 0 Å². The fourth-order valence-electron chi connectivity index (χ4n) is 2.41. The van der Waals surface area contributed by atoms with Gasteiger partial charge in [0.2, 0.25) is 0 Å². The molecule has 2 rings (SSSR count). The molecular formula is C21H22O6. The Bertz CT molecular complexity index is 867. The van der Waals surface area contributed by atoms with Gasteiger partial charge in [0.1, 0.15) is 0 Å². The molecule has 0 atom stereocenters. The molecule has 0 unspecified atom stereocenters. The van der Waals surface area contributed by atoms with Gasteiger partial charge in [0.05, 0.1) is 28.4 Å². The second-order valence-corrected chi connectivity index (χ2v) is 5.46. The van der Waals surface area contributed by atoms with Gasteiger partial charge in [-0.1, -0.05) is 18.2 Å². The number of benzene rings is 2. The monoisotopic (exact) mass is 370 g/mol. The Hall–Kier alpha value is -3.41. The van der Waals surface area contributed by atoms with Crippen LogP contribution in [0.15, 0.2) is 36.4 Å². The molecular weight excluding hydrogens is 348 g/mol. The summed E-state index contributed by atoms with van der Waals surface area (Å²) in [6, 6.07) is 8.63. The third-order valence-electron chi connectivity index (χ3n) is 3.85. The molecule has 6 nitrogen and oxygen atoms in total. The third-order valence-corrected chi connectivity index (χ3v) is 3.85. The van der Waals surface area contributed by atoms with E-state index >= 15 is 0 Å². The molecule has 2 aromatic carbocycles. The van der Waals surface area contributed by atoms with E-state index in [1.165, 1.54) is 20.3 Å². The highest BCUT2D eigenvalue weighted by Crippen LogP contribution is 2.33. The number of phenols is 1. The molecule has 0 aliphatic heterocycles. The lowest BCUT2D eigenvalue weighted by molar-refractivity contribution is -0.134. The van der Waals surface area contributed by atoms with Gasteiger partial charge >= 0.3 is 5.97 Å². The number of ether oxygens (including phenoxy) is 4. The molecule has 0 aliphatic carbocycles. The predicted molar refractivity (Wildman–Crippen MR) is 104 cm³/mol. The quantitative estimate of drug-likeness (QED) is 0.454. The van der Waals surface area contributed by atoms with Gasteiger partial charge < -0.3 is 24.1 Å². The van der Waals surface area contributed by atoms with Crippen molar-refractivity contribution in [2.75, 3.05) is 28.4 Å². The topological polar surface area (TPSA) is 74.2 Å². The minimum atomic E-state index is -0.456. The molecule has 2 aromatic rings. The minimum Gasteiger partial charge on any atom is -0.504 e. The first-order chi connectivity index (χ1) is 13.0. The number of carbonyl (C=O) groups excluding carboxylic acids is 1. The second kappa shape index (κ2) is 9.33. The first-order valence-corrected chi connectivity index (χ1v) is 8.09. The van der Waals surface area contributed by atoms with E-state index in [1.807, 2.05) is 18.2 Å². The highest BCUT2D eigenvalue weighted by Gasteiger charge is 2.09. The van der Waals surface area contributed by atoms with Crippen molar-refractivity contribution >= 4 is 24.2 Å². The van der Waals surface area contributed by atoms with E-state index in [-0.39, 0.29) is 5.75 Å². The lowest BCUT2D eigenvalue weighted by Gasteiger charge is -2.11. The SMILES string of the molecule is COC(=O)/C=C/c1cc(OC)c(OC)cc1/C=C/c1ccc(O)c(OC)c1. The van der Waals surface area contributed by atoms with Crippen molar-refractivity contribution in [3.05, 3.63) is 53.1 Å². The predicted octanol–water partition coefficient (Wildman–Crippen LogP) is 3.77. The zero-order chi connectivity index (χ0) is 19.8. The molecule has 0 radical (unpaired) electrons. The molecule has 0 saturated heterocycles. The fraction of sp³-hybridized carbons (Fsp3) is 0.190. The number of methoxy groups -OCH3 is 4. The Labute approximate surface area is 158 Å². The van der Waals surface area contributed by atoms with Crippen molar-refractivity contribution in [1.82, 2.24) is 0 Å². The van der Waals surface area contributed by atoms with Crippen LogP contribution in [-0.4, -0.2) is 39.5 Å². The molecule has 0 fully saturated rings. The Morgan fingerprint density at radius 2 is 1.41 bits per heavy atom. The number of carbonyl (C=O) groups is 1. The Morgan fingerprint density at radius 3 is 1.96 bits per heavy atom. The molecule has 1 N–H and O–H groups in total. The maximum Gasteiger partial charge on any atom is 0.330 e. The molecule has 0 spiro atoms. The van der Waals surface area contributed by atoms with Crippen LogP contribution in [-0.2, 0) is 9.53 Å². The Morgan fingerprint density at radius 1 is 0.815 bits per heavy atom. The second-order valence-electron chi connectivity index (χ2n) is 5.46. The van der Waals surface area contributed by atoms with Gasteiger partial charge in [-0.2, -0.15) is 0 Å². The number of aromatic hydroxyl groups is 1. The maximum atomic E-state index is 11.4. The Kier molecular flexibility index (Phi) is 6.88. The van der Waals surface area contributed by atoms with Crippen LogP contribution in [0.25, 0.3) is 18.2 Å². The summed E-state index contributed by atoms with van der Waals surface area (Å²) in [5, 5.41) is 9.70. The van der Waals surface area contributed by atoms with Crippen molar-refractivity contribution in [3.63, 3.8) is 0 Å². The van der Waals surface area contributed by atoms with Crippen LogP contribution >= 0.6 is 0 Å². The van der Waals surface area contributed by atoms with Crippen molar-refractivity contribution in [3.8, 4) is 23.0 Å². The molecule has 27 heavy (non-hydrogen) atoms. The van der Waals surface area contributed by atoms with Crippen molar-refractivity contribution in [2.45, 2.75) is 0 Å². The number of esters is 1. The molecule has 0 heterocycles. The number of hydrogen-bond acceptors (Lipinski definition) is 6. The van der Waals surface area contributed by atoms with Crippen molar-refractivity contribution < 1.29 is 28.8 Å². The minimum absolute atomic E-state index is 0.0717. The van der Waals surface area contributed by atoms with Gasteiger partial charge in [-0.05, 0) is 47.0 Å². The van der Waals surface area contributed by atoms with Gasteiger partial charge in [0.25, 0.3) is 0 Å². The summed E-state index contributed by atoms with van der Waals surface area (Å²) in [4.78, 5) is 11.4. The first-order valence-electron chi connectivity index (χ1n) is 8.09. The smallest absolute Gasteiger partial charge is 0.330 e. The van der Waals surface area contributed by atoms with Crippen LogP contribution in [0.3, 0.4) is 0 Å². The van der Waals surface area contributed by atoms with E-state index in [9.17, 15) is 9.90 Å². The summed E-state index contributed by atoms with van der Waals surface area (Å²) in [6.45, 7) is 0. The number of hydrogen-bond donors (Lipinski definition) is 1. The third kappa shape index (κ3) is 5.04. The molecule has 142 valence electrons. The molecule has 6 heteroatoms. The van der Waals surface area contributed by atoms with E-state index in [1.54, 1.807) is 44.6 Å². The zero-order valence-electron chi connectivity index (χ0n) is 15.7. The summed E-state index contributed by atoms with van der Waals surface area (Å²) >= 11 is 0. The van der Waals surface area contributed by atoms with Crippen LogP contribution in [0.2, 0.25) is 0 Å². The Balaban J connectivity index is 2.46. The van der Waals surface area contributed by atoms with Gasteiger partial charge in [0, 0.05) is 6.08 Å². The highest BCUT2D eigenvalue weighted by atomic mass is 16.5. The standard InChI is InChI=1S/C21H22O6/c1-24-18-11-14(6-9-17(18)22)5-7-15-12-19(25-2)20(26-3)13-16(15)8-10-21(23)27-4/h5-13,22H,1-4H3/b7-5+,10-8+. The molecule has 0 bridgehead atoms. The van der Waals surface area contributed by atoms with Crippen LogP contribution in [0.5, 0.6) is 23.0 Å². The largest absolute Gasteiger partial charge is 0.504 e. The van der Waals surface area contributed by atoms with Crippen LogP contribution in [0.1, 0.15) is 16.7 Å². The summed E-state index contributed by atoms with van der Waals surface area (Å²) in [5.41, 5.74) is 2.39. The first kappa shape index (κ1) is 19.9. The van der Waals surface area contributed by atoms with Crippen LogP contribution in [0, 0.1) is 0 Å². The average molecular weight is 370 g/mol. The maximum absolute atomic E-state index is 11.4. The summed E-state index contributed by atoms with van der Waals surface area (Å²) < 4.78 is 20.4. The van der Waals surface area contributed by atoms with Gasteiger partial charge in [0.15, 0.2) is 23.0 Å². The van der Waals surface area contributed by atoms with Gasteiger partial charge in [-0.3, -0.25) is 0 Å². The van der Waals surface area contributed by atoms with Crippen molar-refractivity contribution in [2.24, 2.45) is 0 Å².